The molecule has 1 rings (SSSR count). The van der Waals surface area contributed by atoms with E-state index >= 15 is 0 Å². The van der Waals surface area contributed by atoms with E-state index in [1.165, 1.54) is 18.4 Å². The predicted octanol–water partition coefficient (Wildman–Crippen LogP) is 3.83. The van der Waals surface area contributed by atoms with Gasteiger partial charge in [0.25, 0.3) is 0 Å². The molecule has 0 radical (unpaired) electrons. The van der Waals surface area contributed by atoms with E-state index in [2.05, 4.69) is 72.9 Å². The fourth-order valence-corrected chi connectivity index (χ4v) is 2.79. The summed E-state index contributed by atoms with van der Waals surface area (Å²) in [5, 5.41) is 0. The molecule has 0 aliphatic carbocycles. The molecule has 2 nitrogen and oxygen atoms in total. The second-order valence-electron chi connectivity index (χ2n) is 5.75. The van der Waals surface area contributed by atoms with Gasteiger partial charge >= 0.3 is 0 Å². The molecule has 0 saturated heterocycles. The highest BCUT2D eigenvalue weighted by molar-refractivity contribution is 9.10. The lowest BCUT2D eigenvalue weighted by atomic mass is 9.89. The van der Waals surface area contributed by atoms with Crippen LogP contribution in [0.1, 0.15) is 39.2 Å². The second-order valence-corrected chi connectivity index (χ2v) is 6.67. The van der Waals surface area contributed by atoms with Crippen LogP contribution in [0.25, 0.3) is 0 Å². The van der Waals surface area contributed by atoms with Crippen molar-refractivity contribution in [1.82, 2.24) is 4.90 Å². The lowest BCUT2D eigenvalue weighted by Crippen LogP contribution is -2.54. The zero-order valence-corrected chi connectivity index (χ0v) is 14.2. The third-order valence-electron chi connectivity index (χ3n) is 4.16. The molecule has 3 heteroatoms. The van der Waals surface area contributed by atoms with Crippen LogP contribution >= 0.6 is 15.9 Å². The van der Waals surface area contributed by atoms with Gasteiger partial charge in [-0.25, -0.2) is 0 Å². The molecule has 19 heavy (non-hydrogen) atoms. The van der Waals surface area contributed by atoms with Crippen LogP contribution in [0.4, 0.5) is 0 Å². The van der Waals surface area contributed by atoms with Crippen molar-refractivity contribution < 1.29 is 0 Å². The van der Waals surface area contributed by atoms with E-state index in [4.69, 9.17) is 5.73 Å². The molecule has 0 spiro atoms. The number of rotatable bonds is 7. The van der Waals surface area contributed by atoms with Crippen LogP contribution in [0.2, 0.25) is 0 Å². The maximum atomic E-state index is 6.07. The third kappa shape index (κ3) is 4.59. The zero-order chi connectivity index (χ0) is 14.5. The van der Waals surface area contributed by atoms with Crippen LogP contribution in [-0.4, -0.2) is 30.1 Å². The summed E-state index contributed by atoms with van der Waals surface area (Å²) in [7, 11) is 2.20. The van der Waals surface area contributed by atoms with E-state index in [9.17, 15) is 0 Å². The van der Waals surface area contributed by atoms with Crippen LogP contribution in [0.5, 0.6) is 0 Å². The van der Waals surface area contributed by atoms with Crippen molar-refractivity contribution in [2.24, 2.45) is 5.73 Å². The number of likely N-dealkylation sites (N-methyl/N-ethyl adjacent to an activating group) is 1. The SMILES string of the molecule is CCCC(C)N(C)C(C)(CN)Cc1ccc(Br)cc1. The van der Waals surface area contributed by atoms with E-state index in [1.807, 2.05) is 0 Å². The molecule has 1 aromatic carbocycles. The molecule has 0 aliphatic heterocycles. The summed E-state index contributed by atoms with van der Waals surface area (Å²) in [4.78, 5) is 2.44. The molecule has 0 aromatic heterocycles. The maximum Gasteiger partial charge on any atom is 0.0343 e. The van der Waals surface area contributed by atoms with Gasteiger partial charge < -0.3 is 5.73 Å². The van der Waals surface area contributed by atoms with Gasteiger partial charge in [0, 0.05) is 22.6 Å². The fraction of sp³-hybridized carbons (Fsp3) is 0.625. The van der Waals surface area contributed by atoms with Crippen LogP contribution in [0, 0.1) is 0 Å². The number of halogens is 1. The van der Waals surface area contributed by atoms with Crippen LogP contribution < -0.4 is 5.73 Å². The molecular formula is C16H27BrN2. The Balaban J connectivity index is 2.81. The average molecular weight is 327 g/mol. The molecule has 0 heterocycles. The van der Waals surface area contributed by atoms with Gasteiger partial charge in [-0.05, 0) is 51.4 Å². The molecule has 1 aromatic rings. The maximum absolute atomic E-state index is 6.07. The number of hydrogen-bond acceptors (Lipinski definition) is 2. The quantitative estimate of drug-likeness (QED) is 0.825. The normalized spacial score (nSPS) is 16.4. The lowest BCUT2D eigenvalue weighted by molar-refractivity contribution is 0.0951. The van der Waals surface area contributed by atoms with E-state index in [0.717, 1.165) is 10.9 Å². The Hall–Kier alpha value is -0.380. The molecule has 108 valence electrons. The van der Waals surface area contributed by atoms with Crippen molar-refractivity contribution in [2.45, 2.75) is 51.6 Å². The third-order valence-corrected chi connectivity index (χ3v) is 4.69. The standard InChI is InChI=1S/C16H27BrN2/c1-5-6-13(2)19(4)16(3,12-18)11-14-7-9-15(17)10-8-14/h7-10,13H,5-6,11-12,18H2,1-4H3. The second kappa shape index (κ2) is 7.41. The molecule has 0 amide bonds. The van der Waals surface area contributed by atoms with Gasteiger partial charge in [0.15, 0.2) is 0 Å². The number of nitrogens with zero attached hydrogens (tertiary/aromatic N) is 1. The van der Waals surface area contributed by atoms with Crippen molar-refractivity contribution in [2.75, 3.05) is 13.6 Å². The fourth-order valence-electron chi connectivity index (χ4n) is 2.53. The minimum atomic E-state index is 0.0163. The molecule has 2 N–H and O–H groups in total. The van der Waals surface area contributed by atoms with E-state index in [-0.39, 0.29) is 5.54 Å². The van der Waals surface area contributed by atoms with Crippen molar-refractivity contribution in [1.29, 1.82) is 0 Å². The smallest absolute Gasteiger partial charge is 0.0343 e. The van der Waals surface area contributed by atoms with Crippen molar-refractivity contribution in [3.05, 3.63) is 34.3 Å². The first-order valence-corrected chi connectivity index (χ1v) is 7.89. The largest absolute Gasteiger partial charge is 0.329 e. The zero-order valence-electron chi connectivity index (χ0n) is 12.6. The summed E-state index contributed by atoms with van der Waals surface area (Å²) >= 11 is 3.48. The van der Waals surface area contributed by atoms with Gasteiger partial charge in [-0.3, -0.25) is 4.90 Å². The van der Waals surface area contributed by atoms with Gasteiger partial charge in [-0.1, -0.05) is 41.4 Å². The van der Waals surface area contributed by atoms with Gasteiger partial charge in [0.1, 0.15) is 0 Å². The Kier molecular flexibility index (Phi) is 6.51. The first kappa shape index (κ1) is 16.7. The average Bonchev–Trinajstić information content (AvgIpc) is 2.40. The van der Waals surface area contributed by atoms with Gasteiger partial charge in [0.05, 0.1) is 0 Å². The Morgan fingerprint density at radius 3 is 2.37 bits per heavy atom. The van der Waals surface area contributed by atoms with Gasteiger partial charge in [-0.15, -0.1) is 0 Å². The molecule has 0 bridgehead atoms. The lowest BCUT2D eigenvalue weighted by Gasteiger charge is -2.42. The number of nitrogens with two attached hydrogens (primary N) is 1. The molecular weight excluding hydrogens is 300 g/mol. The summed E-state index contributed by atoms with van der Waals surface area (Å²) in [5.74, 6) is 0. The summed E-state index contributed by atoms with van der Waals surface area (Å²) in [6.45, 7) is 7.46. The van der Waals surface area contributed by atoms with Crippen LogP contribution in [0.15, 0.2) is 28.7 Å². The Morgan fingerprint density at radius 1 is 1.32 bits per heavy atom. The molecule has 0 saturated carbocycles. The van der Waals surface area contributed by atoms with Gasteiger partial charge in [0.2, 0.25) is 0 Å². The minimum Gasteiger partial charge on any atom is -0.329 e. The Morgan fingerprint density at radius 2 is 1.89 bits per heavy atom. The number of hydrogen-bond donors (Lipinski definition) is 1. The molecule has 0 aliphatic rings. The summed E-state index contributed by atoms with van der Waals surface area (Å²) in [6, 6.07) is 9.12. The van der Waals surface area contributed by atoms with Crippen LogP contribution in [0.3, 0.4) is 0 Å². The highest BCUT2D eigenvalue weighted by Crippen LogP contribution is 2.23. The number of benzene rings is 1. The predicted molar refractivity (Wildman–Crippen MR) is 87.4 cm³/mol. The van der Waals surface area contributed by atoms with Crippen molar-refractivity contribution in [3.8, 4) is 0 Å². The summed E-state index contributed by atoms with van der Waals surface area (Å²) < 4.78 is 1.12. The van der Waals surface area contributed by atoms with Crippen molar-refractivity contribution >= 4 is 15.9 Å². The van der Waals surface area contributed by atoms with Crippen molar-refractivity contribution in [3.63, 3.8) is 0 Å². The minimum absolute atomic E-state index is 0.0163. The molecule has 0 fully saturated rings. The Labute approximate surface area is 126 Å². The highest BCUT2D eigenvalue weighted by Gasteiger charge is 2.30. The van der Waals surface area contributed by atoms with Gasteiger partial charge in [-0.2, -0.15) is 0 Å². The van der Waals surface area contributed by atoms with E-state index in [0.29, 0.717) is 12.6 Å². The first-order chi connectivity index (χ1) is 8.92. The topological polar surface area (TPSA) is 29.3 Å². The molecule has 2 atom stereocenters. The summed E-state index contributed by atoms with van der Waals surface area (Å²) in [5.41, 5.74) is 7.42. The summed E-state index contributed by atoms with van der Waals surface area (Å²) in [6.07, 6.45) is 3.41. The van der Waals surface area contributed by atoms with Crippen LogP contribution in [-0.2, 0) is 6.42 Å². The Bertz CT molecular complexity index is 377. The first-order valence-electron chi connectivity index (χ1n) is 7.10. The monoisotopic (exact) mass is 326 g/mol. The van der Waals surface area contributed by atoms with E-state index in [1.54, 1.807) is 0 Å². The van der Waals surface area contributed by atoms with E-state index < -0.39 is 0 Å². The molecule has 2 unspecified atom stereocenters. The highest BCUT2D eigenvalue weighted by atomic mass is 79.9.